The Morgan fingerprint density at radius 2 is 1.97 bits per heavy atom. The lowest BCUT2D eigenvalue weighted by molar-refractivity contribution is -0.126. The first-order chi connectivity index (χ1) is 15.4. The number of aryl methyl sites for hydroxylation is 2. The van der Waals surface area contributed by atoms with Crippen LogP contribution in [0.4, 0.5) is 11.4 Å². The van der Waals surface area contributed by atoms with Gasteiger partial charge in [0.15, 0.2) is 6.61 Å². The zero-order valence-electron chi connectivity index (χ0n) is 18.5. The number of nitrogens with one attached hydrogen (secondary N) is 2. The molecule has 2 aromatic rings. The lowest BCUT2D eigenvalue weighted by Crippen LogP contribution is -2.32. The molecule has 0 bridgehead atoms. The second-order valence-electron chi connectivity index (χ2n) is 7.73. The van der Waals surface area contributed by atoms with E-state index in [1.807, 2.05) is 32.0 Å². The number of anilines is 2. The molecule has 0 aromatic heterocycles. The van der Waals surface area contributed by atoms with Gasteiger partial charge in [0.05, 0.1) is 5.92 Å². The molecule has 2 aromatic carbocycles. The Labute approximate surface area is 188 Å². The van der Waals surface area contributed by atoms with Crippen molar-refractivity contribution in [2.45, 2.75) is 26.7 Å². The summed E-state index contributed by atoms with van der Waals surface area (Å²) in [6, 6.07) is 12.9. The molecule has 0 aliphatic carbocycles. The number of carbonyl (C=O) groups is 3. The van der Waals surface area contributed by atoms with Crippen LogP contribution < -0.4 is 20.3 Å². The highest BCUT2D eigenvalue weighted by atomic mass is 16.5. The average Bonchev–Trinajstić information content (AvgIpc) is 3.19. The van der Waals surface area contributed by atoms with Crippen molar-refractivity contribution in [3.63, 3.8) is 0 Å². The van der Waals surface area contributed by atoms with Crippen molar-refractivity contribution in [1.82, 2.24) is 5.32 Å². The number of para-hydroxylation sites is 1. The van der Waals surface area contributed by atoms with Crippen LogP contribution in [-0.4, -0.2) is 37.4 Å². The fraction of sp³-hybridized carbons (Fsp3) is 0.320. The molecule has 1 heterocycles. The van der Waals surface area contributed by atoms with E-state index in [0.29, 0.717) is 24.5 Å². The van der Waals surface area contributed by atoms with Crippen molar-refractivity contribution >= 4 is 29.1 Å². The van der Waals surface area contributed by atoms with Gasteiger partial charge in [0.1, 0.15) is 5.75 Å². The molecule has 0 spiro atoms. The number of carbonyl (C=O) groups excluding carboxylic acids is 3. The van der Waals surface area contributed by atoms with E-state index in [2.05, 4.69) is 17.2 Å². The summed E-state index contributed by atoms with van der Waals surface area (Å²) in [4.78, 5) is 38.4. The quantitative estimate of drug-likeness (QED) is 0.592. The summed E-state index contributed by atoms with van der Waals surface area (Å²) in [6.07, 6.45) is 2.61. The first-order valence-electron chi connectivity index (χ1n) is 10.7. The molecule has 1 saturated heterocycles. The third-order valence-electron chi connectivity index (χ3n) is 5.44. The van der Waals surface area contributed by atoms with E-state index in [1.165, 1.54) is 0 Å². The van der Waals surface area contributed by atoms with Gasteiger partial charge in [0, 0.05) is 30.9 Å². The molecule has 1 atom stereocenters. The minimum absolute atomic E-state index is 0.0956. The molecule has 168 valence electrons. The Balaban J connectivity index is 1.55. The highest BCUT2D eigenvalue weighted by Crippen LogP contribution is 2.27. The number of hydrogen-bond acceptors (Lipinski definition) is 4. The van der Waals surface area contributed by atoms with E-state index >= 15 is 0 Å². The monoisotopic (exact) mass is 435 g/mol. The lowest BCUT2D eigenvalue weighted by Gasteiger charge is -2.17. The molecular weight excluding hydrogens is 406 g/mol. The summed E-state index contributed by atoms with van der Waals surface area (Å²) in [5, 5.41) is 5.67. The number of benzene rings is 2. The topological polar surface area (TPSA) is 87.7 Å². The van der Waals surface area contributed by atoms with E-state index in [4.69, 9.17) is 4.74 Å². The second-order valence-corrected chi connectivity index (χ2v) is 7.73. The number of hydrogen-bond donors (Lipinski definition) is 2. The fourth-order valence-electron chi connectivity index (χ4n) is 3.70. The molecule has 2 N–H and O–H groups in total. The first kappa shape index (κ1) is 23.1. The van der Waals surface area contributed by atoms with Gasteiger partial charge in [-0.2, -0.15) is 0 Å². The van der Waals surface area contributed by atoms with E-state index in [1.54, 1.807) is 35.2 Å². The Morgan fingerprint density at radius 1 is 1.22 bits per heavy atom. The van der Waals surface area contributed by atoms with Gasteiger partial charge in [0.25, 0.3) is 5.91 Å². The van der Waals surface area contributed by atoms with Crippen molar-refractivity contribution in [3.05, 3.63) is 66.2 Å². The predicted octanol–water partition coefficient (Wildman–Crippen LogP) is 3.23. The van der Waals surface area contributed by atoms with Crippen LogP contribution in [0.1, 0.15) is 24.5 Å². The SMILES string of the molecule is C=CCNC(=O)[C@@H]1CC(=O)N(c2ccc(OCC(=O)Nc3c(C)cccc3CC)cc2)C1. The summed E-state index contributed by atoms with van der Waals surface area (Å²) in [7, 11) is 0. The van der Waals surface area contributed by atoms with Gasteiger partial charge in [-0.1, -0.05) is 31.2 Å². The van der Waals surface area contributed by atoms with Gasteiger partial charge in [-0.3, -0.25) is 14.4 Å². The van der Waals surface area contributed by atoms with Crippen molar-refractivity contribution in [2.24, 2.45) is 5.92 Å². The summed E-state index contributed by atoms with van der Waals surface area (Å²) in [5.74, 6) is -0.331. The van der Waals surface area contributed by atoms with Crippen LogP contribution in [0, 0.1) is 12.8 Å². The predicted molar refractivity (Wildman–Crippen MR) is 125 cm³/mol. The van der Waals surface area contributed by atoms with Crippen molar-refractivity contribution in [1.29, 1.82) is 0 Å². The van der Waals surface area contributed by atoms with Crippen LogP contribution >= 0.6 is 0 Å². The van der Waals surface area contributed by atoms with Gasteiger partial charge in [-0.15, -0.1) is 6.58 Å². The first-order valence-corrected chi connectivity index (χ1v) is 10.7. The van der Waals surface area contributed by atoms with Crippen LogP contribution in [0.5, 0.6) is 5.75 Å². The zero-order chi connectivity index (χ0) is 23.1. The third kappa shape index (κ3) is 5.55. The summed E-state index contributed by atoms with van der Waals surface area (Å²) in [6.45, 7) is 8.17. The minimum Gasteiger partial charge on any atom is -0.484 e. The smallest absolute Gasteiger partial charge is 0.262 e. The summed E-state index contributed by atoms with van der Waals surface area (Å²) < 4.78 is 5.61. The average molecular weight is 436 g/mol. The molecule has 0 radical (unpaired) electrons. The Morgan fingerprint density at radius 3 is 2.66 bits per heavy atom. The Hall–Kier alpha value is -3.61. The highest BCUT2D eigenvalue weighted by Gasteiger charge is 2.34. The maximum Gasteiger partial charge on any atom is 0.262 e. The van der Waals surface area contributed by atoms with Crippen molar-refractivity contribution < 1.29 is 19.1 Å². The standard InChI is InChI=1S/C25H29N3O4/c1-4-13-26-25(31)19-14-23(30)28(15-19)20-9-11-21(12-10-20)32-16-22(29)27-24-17(3)7-6-8-18(24)5-2/h4,6-12,19H,1,5,13-16H2,2-3H3,(H,26,31)(H,27,29)/t19-/m1/s1. The van der Waals surface area contributed by atoms with Crippen LogP contribution in [0.2, 0.25) is 0 Å². The Kier molecular flexibility index (Phi) is 7.65. The van der Waals surface area contributed by atoms with E-state index in [0.717, 1.165) is 23.2 Å². The number of amides is 3. The molecule has 1 fully saturated rings. The van der Waals surface area contributed by atoms with Crippen molar-refractivity contribution in [3.8, 4) is 5.75 Å². The number of ether oxygens (including phenoxy) is 1. The second kappa shape index (κ2) is 10.6. The molecule has 3 rings (SSSR count). The van der Waals surface area contributed by atoms with Gasteiger partial charge in [-0.05, 0) is 48.7 Å². The van der Waals surface area contributed by atoms with Gasteiger partial charge >= 0.3 is 0 Å². The van der Waals surface area contributed by atoms with Gasteiger partial charge < -0.3 is 20.3 Å². The molecule has 7 nitrogen and oxygen atoms in total. The van der Waals surface area contributed by atoms with Crippen LogP contribution in [0.3, 0.4) is 0 Å². The van der Waals surface area contributed by atoms with Gasteiger partial charge in [0.2, 0.25) is 11.8 Å². The van der Waals surface area contributed by atoms with Crippen LogP contribution in [0.15, 0.2) is 55.1 Å². The highest BCUT2D eigenvalue weighted by molar-refractivity contribution is 6.00. The molecule has 32 heavy (non-hydrogen) atoms. The molecule has 3 amide bonds. The van der Waals surface area contributed by atoms with E-state index in [9.17, 15) is 14.4 Å². The molecular formula is C25H29N3O4. The zero-order valence-corrected chi connectivity index (χ0v) is 18.5. The van der Waals surface area contributed by atoms with Crippen LogP contribution in [0.25, 0.3) is 0 Å². The maximum atomic E-state index is 12.4. The fourth-order valence-corrected chi connectivity index (χ4v) is 3.70. The molecule has 1 aliphatic heterocycles. The van der Waals surface area contributed by atoms with Gasteiger partial charge in [-0.25, -0.2) is 0 Å². The number of rotatable bonds is 9. The summed E-state index contributed by atoms with van der Waals surface area (Å²) >= 11 is 0. The van der Waals surface area contributed by atoms with Crippen molar-refractivity contribution in [2.75, 3.05) is 29.9 Å². The molecule has 0 saturated carbocycles. The maximum absolute atomic E-state index is 12.4. The third-order valence-corrected chi connectivity index (χ3v) is 5.44. The molecule has 7 heteroatoms. The van der Waals surface area contributed by atoms with E-state index in [-0.39, 0.29) is 36.7 Å². The van der Waals surface area contributed by atoms with Crippen LogP contribution in [-0.2, 0) is 20.8 Å². The minimum atomic E-state index is -0.378. The largest absolute Gasteiger partial charge is 0.484 e. The molecule has 1 aliphatic rings. The number of nitrogens with zero attached hydrogens (tertiary/aromatic N) is 1. The Bertz CT molecular complexity index is 1000. The normalized spacial score (nSPS) is 15.4. The lowest BCUT2D eigenvalue weighted by atomic mass is 10.1. The van der Waals surface area contributed by atoms with E-state index < -0.39 is 0 Å². The summed E-state index contributed by atoms with van der Waals surface area (Å²) in [5.41, 5.74) is 3.61. The molecule has 0 unspecified atom stereocenters.